The number of ether oxygens (including phenoxy) is 1. The maximum Gasteiger partial charge on any atom is 0.282 e. The topological polar surface area (TPSA) is 56.5 Å². The SMILES string of the molecule is Cc1nc2ccccc2c(=O)n1N=Cc1c(OCc2ccccc2)ccc2ccccc12. The van der Waals surface area contributed by atoms with Crippen molar-refractivity contribution >= 4 is 27.9 Å². The molecule has 0 atom stereocenters. The van der Waals surface area contributed by atoms with E-state index in [9.17, 15) is 4.79 Å². The summed E-state index contributed by atoms with van der Waals surface area (Å²) in [4.78, 5) is 17.5. The van der Waals surface area contributed by atoms with Crippen LogP contribution in [0, 0.1) is 6.92 Å². The lowest BCUT2D eigenvalue weighted by atomic mass is 10.0. The summed E-state index contributed by atoms with van der Waals surface area (Å²) in [7, 11) is 0. The van der Waals surface area contributed by atoms with E-state index in [-0.39, 0.29) is 5.56 Å². The van der Waals surface area contributed by atoms with Crippen molar-refractivity contribution in [2.24, 2.45) is 5.10 Å². The van der Waals surface area contributed by atoms with Crippen LogP contribution < -0.4 is 10.3 Å². The van der Waals surface area contributed by atoms with Crippen molar-refractivity contribution in [2.45, 2.75) is 13.5 Å². The van der Waals surface area contributed by atoms with E-state index in [0.29, 0.717) is 29.1 Å². The predicted octanol–water partition coefficient (Wildman–Crippen LogP) is 5.32. The summed E-state index contributed by atoms with van der Waals surface area (Å²) < 4.78 is 7.49. The Balaban J connectivity index is 1.59. The van der Waals surface area contributed by atoms with Crippen LogP contribution in [0.1, 0.15) is 17.0 Å². The summed E-state index contributed by atoms with van der Waals surface area (Å²) >= 11 is 0. The third-order valence-electron chi connectivity index (χ3n) is 5.39. The van der Waals surface area contributed by atoms with Crippen molar-refractivity contribution in [2.75, 3.05) is 0 Å². The van der Waals surface area contributed by atoms with E-state index >= 15 is 0 Å². The zero-order valence-corrected chi connectivity index (χ0v) is 17.6. The normalized spacial score (nSPS) is 11.4. The van der Waals surface area contributed by atoms with Crippen LogP contribution in [0.4, 0.5) is 0 Å². The van der Waals surface area contributed by atoms with E-state index in [1.807, 2.05) is 84.9 Å². The molecule has 5 aromatic rings. The van der Waals surface area contributed by atoms with Crippen molar-refractivity contribution in [1.82, 2.24) is 9.66 Å². The molecule has 0 saturated carbocycles. The highest BCUT2D eigenvalue weighted by molar-refractivity contribution is 6.02. The third kappa shape index (κ3) is 3.76. The average molecular weight is 419 g/mol. The van der Waals surface area contributed by atoms with Crippen LogP contribution in [0.2, 0.25) is 0 Å². The minimum absolute atomic E-state index is 0.198. The second-order valence-corrected chi connectivity index (χ2v) is 7.51. The quantitative estimate of drug-likeness (QED) is 0.362. The van der Waals surface area contributed by atoms with Gasteiger partial charge in [0.15, 0.2) is 0 Å². The number of rotatable bonds is 5. The van der Waals surface area contributed by atoms with Crippen LogP contribution in [0.5, 0.6) is 5.75 Å². The first-order valence-corrected chi connectivity index (χ1v) is 10.4. The first-order chi connectivity index (χ1) is 15.7. The van der Waals surface area contributed by atoms with Gasteiger partial charge in [0.1, 0.15) is 18.2 Å². The Bertz CT molecular complexity index is 1500. The lowest BCUT2D eigenvalue weighted by Gasteiger charge is -2.12. The van der Waals surface area contributed by atoms with Gasteiger partial charge in [-0.25, -0.2) is 4.98 Å². The number of aromatic nitrogens is 2. The van der Waals surface area contributed by atoms with Crippen molar-refractivity contribution < 1.29 is 4.74 Å². The van der Waals surface area contributed by atoms with Crippen LogP contribution in [-0.2, 0) is 6.61 Å². The fourth-order valence-corrected chi connectivity index (χ4v) is 3.76. The number of aryl methyl sites for hydroxylation is 1. The van der Waals surface area contributed by atoms with E-state index in [2.05, 4.69) is 10.1 Å². The summed E-state index contributed by atoms with van der Waals surface area (Å²) in [6.07, 6.45) is 1.69. The Morgan fingerprint density at radius 3 is 2.44 bits per heavy atom. The molecule has 0 spiro atoms. The molecule has 5 heteroatoms. The van der Waals surface area contributed by atoms with Gasteiger partial charge in [0, 0.05) is 5.56 Å². The fourth-order valence-electron chi connectivity index (χ4n) is 3.76. The molecule has 5 nitrogen and oxygen atoms in total. The van der Waals surface area contributed by atoms with Crippen molar-refractivity contribution in [3.05, 3.63) is 118 Å². The maximum atomic E-state index is 13.0. The molecule has 0 bridgehead atoms. The molecule has 156 valence electrons. The highest BCUT2D eigenvalue weighted by Crippen LogP contribution is 2.27. The molecule has 0 radical (unpaired) electrons. The minimum atomic E-state index is -0.198. The molecule has 0 saturated heterocycles. The second-order valence-electron chi connectivity index (χ2n) is 7.51. The molecule has 0 N–H and O–H groups in total. The van der Waals surface area contributed by atoms with Crippen molar-refractivity contribution in [3.8, 4) is 5.75 Å². The predicted molar refractivity (Wildman–Crippen MR) is 128 cm³/mol. The van der Waals surface area contributed by atoms with Gasteiger partial charge in [-0.3, -0.25) is 4.79 Å². The minimum Gasteiger partial charge on any atom is -0.488 e. The van der Waals surface area contributed by atoms with Gasteiger partial charge in [-0.1, -0.05) is 72.8 Å². The number of hydrogen-bond donors (Lipinski definition) is 0. The Kier molecular flexibility index (Phi) is 5.22. The van der Waals surface area contributed by atoms with Crippen LogP contribution in [0.3, 0.4) is 0 Å². The zero-order valence-electron chi connectivity index (χ0n) is 17.6. The van der Waals surface area contributed by atoms with Gasteiger partial charge in [-0.2, -0.15) is 9.78 Å². The summed E-state index contributed by atoms with van der Waals surface area (Å²) in [6.45, 7) is 2.22. The Morgan fingerprint density at radius 1 is 0.875 bits per heavy atom. The van der Waals surface area contributed by atoms with Crippen LogP contribution in [0.25, 0.3) is 21.7 Å². The third-order valence-corrected chi connectivity index (χ3v) is 5.39. The van der Waals surface area contributed by atoms with Crippen LogP contribution in [0.15, 0.2) is 101 Å². The summed E-state index contributed by atoms with van der Waals surface area (Å²) in [5, 5.41) is 7.14. The second kappa shape index (κ2) is 8.47. The molecule has 4 aromatic carbocycles. The molecular formula is C27H21N3O2. The number of hydrogen-bond acceptors (Lipinski definition) is 4. The molecule has 0 aliphatic rings. The number of fused-ring (bicyclic) bond motifs is 2. The van der Waals surface area contributed by atoms with Gasteiger partial charge < -0.3 is 4.74 Å². The summed E-state index contributed by atoms with van der Waals surface area (Å²) in [5.74, 6) is 1.23. The maximum absolute atomic E-state index is 13.0. The lowest BCUT2D eigenvalue weighted by molar-refractivity contribution is 0.306. The fraction of sp³-hybridized carbons (Fsp3) is 0.0741. The van der Waals surface area contributed by atoms with E-state index in [1.165, 1.54) is 4.68 Å². The van der Waals surface area contributed by atoms with E-state index in [0.717, 1.165) is 21.9 Å². The summed E-state index contributed by atoms with van der Waals surface area (Å²) in [5.41, 5.74) is 2.36. The smallest absolute Gasteiger partial charge is 0.282 e. The molecule has 0 fully saturated rings. The molecule has 0 aliphatic heterocycles. The van der Waals surface area contributed by atoms with Gasteiger partial charge in [0.25, 0.3) is 5.56 Å². The van der Waals surface area contributed by atoms with Gasteiger partial charge in [0.2, 0.25) is 0 Å². The Labute approximate surface area is 185 Å². The van der Waals surface area contributed by atoms with Gasteiger partial charge in [0.05, 0.1) is 17.1 Å². The number of nitrogens with zero attached hydrogens (tertiary/aromatic N) is 3. The highest BCUT2D eigenvalue weighted by Gasteiger charge is 2.10. The number of para-hydroxylation sites is 1. The molecule has 32 heavy (non-hydrogen) atoms. The molecule has 0 unspecified atom stereocenters. The van der Waals surface area contributed by atoms with Gasteiger partial charge in [-0.05, 0) is 41.5 Å². The first kappa shape index (κ1) is 19.7. The largest absolute Gasteiger partial charge is 0.488 e. The molecule has 0 aliphatic carbocycles. The average Bonchev–Trinajstić information content (AvgIpc) is 2.83. The van der Waals surface area contributed by atoms with Crippen molar-refractivity contribution in [1.29, 1.82) is 0 Å². The van der Waals surface area contributed by atoms with Crippen LogP contribution >= 0.6 is 0 Å². The molecule has 1 aromatic heterocycles. The molecule has 0 amide bonds. The van der Waals surface area contributed by atoms with E-state index < -0.39 is 0 Å². The lowest BCUT2D eigenvalue weighted by Crippen LogP contribution is -2.20. The van der Waals surface area contributed by atoms with Gasteiger partial charge >= 0.3 is 0 Å². The molecule has 5 rings (SSSR count). The summed E-state index contributed by atoms with van der Waals surface area (Å²) in [6, 6.07) is 29.3. The highest BCUT2D eigenvalue weighted by atomic mass is 16.5. The van der Waals surface area contributed by atoms with E-state index in [1.54, 1.807) is 19.2 Å². The zero-order chi connectivity index (χ0) is 21.9. The standard InChI is InChI=1S/C27H21N3O2/c1-19-29-25-14-8-7-13-23(25)27(31)30(19)28-17-24-22-12-6-5-11-21(22)15-16-26(24)32-18-20-9-3-2-4-10-20/h2-17H,18H2,1H3. The van der Waals surface area contributed by atoms with E-state index in [4.69, 9.17) is 4.74 Å². The molecular weight excluding hydrogens is 398 g/mol. The van der Waals surface area contributed by atoms with Gasteiger partial charge in [-0.15, -0.1) is 0 Å². The number of benzene rings is 4. The molecule has 1 heterocycles. The van der Waals surface area contributed by atoms with Crippen molar-refractivity contribution in [3.63, 3.8) is 0 Å². The Hall–Kier alpha value is -4.25. The first-order valence-electron chi connectivity index (χ1n) is 10.4. The monoisotopic (exact) mass is 419 g/mol. The van der Waals surface area contributed by atoms with Crippen LogP contribution in [-0.4, -0.2) is 15.9 Å². The Morgan fingerprint density at radius 2 is 1.59 bits per heavy atom.